The molecule has 5 nitrogen and oxygen atoms in total. The van der Waals surface area contributed by atoms with Gasteiger partial charge in [0, 0.05) is 40.2 Å². The van der Waals surface area contributed by atoms with Gasteiger partial charge in [-0.1, -0.05) is 12.1 Å². The minimum Gasteiger partial charge on any atom is -0.372 e. The van der Waals surface area contributed by atoms with E-state index in [9.17, 15) is 9.18 Å². The summed E-state index contributed by atoms with van der Waals surface area (Å²) in [5.74, 6) is -0.205. The third-order valence-corrected chi connectivity index (χ3v) is 5.18. The van der Waals surface area contributed by atoms with Crippen LogP contribution in [0, 0.1) is 5.82 Å². The van der Waals surface area contributed by atoms with Crippen LogP contribution in [0.25, 0.3) is 0 Å². The van der Waals surface area contributed by atoms with E-state index in [1.165, 1.54) is 11.0 Å². The Morgan fingerprint density at radius 2 is 2.16 bits per heavy atom. The van der Waals surface area contributed by atoms with Gasteiger partial charge < -0.3 is 14.4 Å². The Morgan fingerprint density at radius 3 is 2.84 bits per heavy atom. The molecule has 3 rings (SSSR count). The Balaban J connectivity index is 1.45. The predicted molar refractivity (Wildman–Crippen MR) is 92.6 cm³/mol. The maximum absolute atomic E-state index is 13.3. The number of carbonyl (C=O) groups is 1. The zero-order valence-corrected chi connectivity index (χ0v) is 15.0. The molecule has 0 aliphatic carbocycles. The number of halogens is 1. The Kier molecular flexibility index (Phi) is 5.71. The Hall–Kier alpha value is -1.50. The molecule has 1 aromatic carbocycles. The largest absolute Gasteiger partial charge is 0.372 e. The summed E-state index contributed by atoms with van der Waals surface area (Å²) in [5.41, 5.74) is 0.885. The van der Waals surface area contributed by atoms with Crippen molar-refractivity contribution in [3.8, 4) is 0 Å². The molecule has 138 valence electrons. The van der Waals surface area contributed by atoms with E-state index in [4.69, 9.17) is 9.47 Å². The molecular weight excluding hydrogens is 323 g/mol. The normalized spacial score (nSPS) is 23.1. The number of carbonyl (C=O) groups excluding carboxylic acids is 1. The lowest BCUT2D eigenvalue weighted by Gasteiger charge is -2.38. The van der Waals surface area contributed by atoms with Crippen LogP contribution in [0.4, 0.5) is 4.39 Å². The van der Waals surface area contributed by atoms with Crippen molar-refractivity contribution in [2.75, 3.05) is 40.4 Å². The molecule has 2 aliphatic rings. The van der Waals surface area contributed by atoms with Gasteiger partial charge in [0.1, 0.15) is 12.4 Å². The van der Waals surface area contributed by atoms with E-state index in [0.717, 1.165) is 44.5 Å². The van der Waals surface area contributed by atoms with Crippen LogP contribution < -0.4 is 0 Å². The lowest BCUT2D eigenvalue weighted by atomic mass is 9.88. The molecule has 0 unspecified atom stereocenters. The fourth-order valence-corrected chi connectivity index (χ4v) is 3.59. The van der Waals surface area contributed by atoms with Gasteiger partial charge in [0.25, 0.3) is 0 Å². The van der Waals surface area contributed by atoms with Crippen LogP contribution in [0.2, 0.25) is 0 Å². The van der Waals surface area contributed by atoms with E-state index >= 15 is 0 Å². The summed E-state index contributed by atoms with van der Waals surface area (Å²) in [6.07, 6.45) is 2.74. The van der Waals surface area contributed by atoms with Gasteiger partial charge in [0.2, 0.25) is 5.91 Å². The highest BCUT2D eigenvalue weighted by atomic mass is 19.1. The van der Waals surface area contributed by atoms with Crippen molar-refractivity contribution in [3.05, 3.63) is 35.6 Å². The molecule has 1 amide bonds. The molecule has 0 radical (unpaired) electrons. The van der Waals surface area contributed by atoms with Crippen molar-refractivity contribution >= 4 is 5.91 Å². The fraction of sp³-hybridized carbons (Fsp3) is 0.632. The highest BCUT2D eigenvalue weighted by molar-refractivity contribution is 5.76. The molecule has 1 spiro atoms. The van der Waals surface area contributed by atoms with Gasteiger partial charge in [-0.05, 0) is 30.5 Å². The molecule has 0 saturated carbocycles. The van der Waals surface area contributed by atoms with Gasteiger partial charge >= 0.3 is 0 Å². The van der Waals surface area contributed by atoms with Gasteiger partial charge in [-0.2, -0.15) is 0 Å². The van der Waals surface area contributed by atoms with E-state index in [0.29, 0.717) is 6.61 Å². The van der Waals surface area contributed by atoms with E-state index in [1.807, 2.05) is 6.07 Å². The van der Waals surface area contributed by atoms with E-state index in [1.54, 1.807) is 26.2 Å². The Bertz CT molecular complexity index is 600. The quantitative estimate of drug-likeness (QED) is 0.815. The van der Waals surface area contributed by atoms with E-state index in [2.05, 4.69) is 4.90 Å². The molecule has 0 N–H and O–H groups in total. The van der Waals surface area contributed by atoms with Gasteiger partial charge in [0.15, 0.2) is 0 Å². The number of amides is 1. The number of hydrogen-bond donors (Lipinski definition) is 0. The maximum atomic E-state index is 13.3. The number of hydrogen-bond acceptors (Lipinski definition) is 4. The Morgan fingerprint density at radius 1 is 1.40 bits per heavy atom. The zero-order valence-electron chi connectivity index (χ0n) is 15.0. The smallest absolute Gasteiger partial charge is 0.248 e. The van der Waals surface area contributed by atoms with Gasteiger partial charge in [-0.25, -0.2) is 4.39 Å². The van der Waals surface area contributed by atoms with Gasteiger partial charge in [-0.15, -0.1) is 0 Å². The minimum absolute atomic E-state index is 0.00123. The molecule has 1 aromatic rings. The average Bonchev–Trinajstić information content (AvgIpc) is 2.98. The molecule has 0 bridgehead atoms. The monoisotopic (exact) mass is 350 g/mol. The zero-order chi connectivity index (χ0) is 17.9. The number of nitrogens with zero attached hydrogens (tertiary/aromatic N) is 2. The molecule has 1 atom stereocenters. The summed E-state index contributed by atoms with van der Waals surface area (Å²) in [7, 11) is 3.46. The van der Waals surface area contributed by atoms with Crippen LogP contribution in [0.1, 0.15) is 24.8 Å². The second-order valence-corrected chi connectivity index (χ2v) is 7.33. The average molecular weight is 350 g/mol. The van der Waals surface area contributed by atoms with Crippen LogP contribution in [-0.4, -0.2) is 67.8 Å². The summed E-state index contributed by atoms with van der Waals surface area (Å²) in [4.78, 5) is 15.5. The molecule has 2 aliphatic heterocycles. The lowest BCUT2D eigenvalue weighted by molar-refractivity contribution is -0.135. The van der Waals surface area contributed by atoms with E-state index < -0.39 is 0 Å². The summed E-state index contributed by atoms with van der Waals surface area (Å²) < 4.78 is 25.1. The molecule has 2 fully saturated rings. The van der Waals surface area contributed by atoms with Crippen molar-refractivity contribution in [2.45, 2.75) is 37.5 Å². The highest BCUT2D eigenvalue weighted by Gasteiger charge is 2.43. The number of likely N-dealkylation sites (N-methyl/N-ethyl adjacent to an activating group) is 1. The predicted octanol–water partition coefficient (Wildman–Crippen LogP) is 2.05. The molecular formula is C19H27FN2O3. The number of benzene rings is 1. The standard InChI is InChI=1S/C19H27FN2O3/c1-21(2)18(23)14-24-17-11-19(25-13-17)6-8-22(9-7-19)12-15-4-3-5-16(20)10-15/h3-5,10,17H,6-9,11-14H2,1-2H3/t17-/m1/s1. The van der Waals surface area contributed by atoms with Gasteiger partial charge in [-0.3, -0.25) is 9.69 Å². The molecule has 25 heavy (non-hydrogen) atoms. The SMILES string of the molecule is CN(C)C(=O)CO[C@H]1COC2(CCN(Cc3cccc(F)c3)CC2)C1. The van der Waals surface area contributed by atoms with Crippen LogP contribution in [-0.2, 0) is 20.8 Å². The fourth-order valence-electron chi connectivity index (χ4n) is 3.59. The number of rotatable bonds is 5. The lowest BCUT2D eigenvalue weighted by Crippen LogP contribution is -2.44. The molecule has 2 saturated heterocycles. The topological polar surface area (TPSA) is 42.0 Å². The van der Waals surface area contributed by atoms with E-state index in [-0.39, 0.29) is 30.0 Å². The summed E-state index contributed by atoms with van der Waals surface area (Å²) in [6, 6.07) is 6.79. The van der Waals surface area contributed by atoms with Crippen LogP contribution >= 0.6 is 0 Å². The Labute approximate surface area is 148 Å². The summed E-state index contributed by atoms with van der Waals surface area (Å²) >= 11 is 0. The summed E-state index contributed by atoms with van der Waals surface area (Å²) in [6.45, 7) is 3.30. The third-order valence-electron chi connectivity index (χ3n) is 5.18. The second kappa shape index (κ2) is 7.81. The number of piperidine rings is 1. The first kappa shape index (κ1) is 18.3. The minimum atomic E-state index is -0.183. The highest BCUT2D eigenvalue weighted by Crippen LogP contribution is 2.37. The first-order valence-electron chi connectivity index (χ1n) is 8.88. The van der Waals surface area contributed by atoms with Crippen molar-refractivity contribution in [3.63, 3.8) is 0 Å². The summed E-state index contributed by atoms with van der Waals surface area (Å²) in [5, 5.41) is 0. The van der Waals surface area contributed by atoms with Crippen molar-refractivity contribution < 1.29 is 18.7 Å². The van der Waals surface area contributed by atoms with Crippen molar-refractivity contribution in [2.24, 2.45) is 0 Å². The second-order valence-electron chi connectivity index (χ2n) is 7.33. The molecule has 2 heterocycles. The van der Waals surface area contributed by atoms with Crippen LogP contribution in [0.5, 0.6) is 0 Å². The third kappa shape index (κ3) is 4.77. The molecule has 6 heteroatoms. The molecule has 0 aromatic heterocycles. The van der Waals surface area contributed by atoms with Crippen molar-refractivity contribution in [1.29, 1.82) is 0 Å². The number of likely N-dealkylation sites (tertiary alicyclic amines) is 1. The van der Waals surface area contributed by atoms with Crippen LogP contribution in [0.3, 0.4) is 0 Å². The first-order valence-corrected chi connectivity index (χ1v) is 8.88. The first-order chi connectivity index (χ1) is 12.0. The van der Waals surface area contributed by atoms with Gasteiger partial charge in [0.05, 0.1) is 18.3 Å². The number of ether oxygens (including phenoxy) is 2. The van der Waals surface area contributed by atoms with Crippen molar-refractivity contribution in [1.82, 2.24) is 9.80 Å². The van der Waals surface area contributed by atoms with Crippen LogP contribution in [0.15, 0.2) is 24.3 Å². The maximum Gasteiger partial charge on any atom is 0.248 e.